The van der Waals surface area contributed by atoms with E-state index in [0.29, 0.717) is 0 Å². The predicted molar refractivity (Wildman–Crippen MR) is 99.0 cm³/mol. The highest BCUT2D eigenvalue weighted by Gasteiger charge is 2.39. The van der Waals surface area contributed by atoms with Crippen molar-refractivity contribution in [3.05, 3.63) is 23.0 Å². The number of esters is 2. The molecule has 0 unspecified atom stereocenters. The average molecular weight is 548 g/mol. The number of cyclic esters (lactones) is 2. The Kier molecular flexibility index (Phi) is 13.8. The maximum atomic E-state index is 10.5. The van der Waals surface area contributed by atoms with Gasteiger partial charge in [-0.15, -0.1) is 0 Å². The third kappa shape index (κ3) is 13.9. The number of rotatable bonds is 4. The fraction of sp³-hybridized carbons (Fsp3) is 0.500. The number of ether oxygens (including phenoxy) is 2. The Labute approximate surface area is 188 Å². The Morgan fingerprint density at radius 2 is 0.971 bits per heavy atom. The van der Waals surface area contributed by atoms with Gasteiger partial charge in [0.15, 0.2) is 23.7 Å². The Morgan fingerprint density at radius 3 is 1.09 bits per heavy atom. The molecule has 0 aromatic rings. The molecular weight excluding hydrogens is 527 g/mol. The van der Waals surface area contributed by atoms with Gasteiger partial charge in [0.1, 0.15) is 12.2 Å². The molecular formula is C12H21O20PS. The van der Waals surface area contributed by atoms with E-state index >= 15 is 0 Å². The molecule has 0 spiro atoms. The second kappa shape index (κ2) is 14.0. The van der Waals surface area contributed by atoms with Crippen LogP contribution in [0.15, 0.2) is 23.0 Å². The summed E-state index contributed by atoms with van der Waals surface area (Å²) in [7, 11) is -9.31. The van der Waals surface area contributed by atoms with E-state index in [2.05, 4.69) is 9.47 Å². The van der Waals surface area contributed by atoms with Crippen molar-refractivity contribution in [2.45, 2.75) is 24.4 Å². The van der Waals surface area contributed by atoms with Crippen LogP contribution in [0.2, 0.25) is 0 Å². The normalized spacial score (nSPS) is 21.7. The van der Waals surface area contributed by atoms with Crippen LogP contribution in [0.1, 0.15) is 0 Å². The molecule has 0 amide bonds. The lowest BCUT2D eigenvalue weighted by Crippen LogP contribution is -2.31. The van der Waals surface area contributed by atoms with Crippen LogP contribution in [0, 0.1) is 0 Å². The highest BCUT2D eigenvalue weighted by Crippen LogP contribution is 2.26. The van der Waals surface area contributed by atoms with Crippen LogP contribution in [0.25, 0.3) is 0 Å². The number of hydrogen-bond donors (Lipinski definition) is 13. The summed E-state index contributed by atoms with van der Waals surface area (Å²) in [5.74, 6) is -5.56. The highest BCUT2D eigenvalue weighted by molar-refractivity contribution is 7.79. The summed E-state index contributed by atoms with van der Waals surface area (Å²) in [5, 5.41) is 70.1. The smallest absolute Gasteiger partial charge is 0.466 e. The Balaban J connectivity index is 0. The van der Waals surface area contributed by atoms with Gasteiger partial charge >= 0.3 is 30.2 Å². The van der Waals surface area contributed by atoms with Crippen LogP contribution < -0.4 is 0 Å². The minimum absolute atomic E-state index is 0.671. The maximum Gasteiger partial charge on any atom is 0.466 e. The van der Waals surface area contributed by atoms with Crippen LogP contribution in [0.5, 0.6) is 0 Å². The zero-order chi connectivity index (χ0) is 27.6. The minimum Gasteiger partial charge on any atom is -0.505 e. The monoisotopic (exact) mass is 548 g/mol. The highest BCUT2D eigenvalue weighted by atomic mass is 32.3. The lowest BCUT2D eigenvalue weighted by Gasteiger charge is -2.13. The van der Waals surface area contributed by atoms with Crippen LogP contribution in [0.3, 0.4) is 0 Å². The van der Waals surface area contributed by atoms with Gasteiger partial charge in [0.2, 0.25) is 11.5 Å². The SMILES string of the molecule is O=C1O[C@H]([C@@H](O)CO)C(O)=C1O.O=C1O[C@H]([C@@H](O)CO)C(O)=C1O.O=P(O)(O)O.O=S(=O)(O)O. The molecule has 4 atom stereocenters. The molecule has 22 heteroatoms. The molecule has 0 saturated carbocycles. The van der Waals surface area contributed by atoms with E-state index in [-0.39, 0.29) is 0 Å². The number of hydrogen-bond acceptors (Lipinski definition) is 15. The zero-order valence-corrected chi connectivity index (χ0v) is 18.0. The van der Waals surface area contributed by atoms with Crippen LogP contribution in [-0.2, 0) is 34.0 Å². The molecule has 200 valence electrons. The van der Waals surface area contributed by atoms with Gasteiger partial charge in [-0.1, -0.05) is 0 Å². The zero-order valence-electron chi connectivity index (χ0n) is 16.3. The fourth-order valence-corrected chi connectivity index (χ4v) is 1.65. The molecule has 0 bridgehead atoms. The van der Waals surface area contributed by atoms with E-state index in [9.17, 15) is 9.59 Å². The van der Waals surface area contributed by atoms with Gasteiger partial charge in [-0.3, -0.25) is 9.11 Å². The molecule has 20 nitrogen and oxygen atoms in total. The largest absolute Gasteiger partial charge is 0.505 e. The first-order valence-electron chi connectivity index (χ1n) is 7.87. The first kappa shape index (κ1) is 33.6. The molecule has 2 heterocycles. The molecule has 0 aromatic heterocycles. The van der Waals surface area contributed by atoms with Crippen molar-refractivity contribution < 1.29 is 96.7 Å². The van der Waals surface area contributed by atoms with E-state index in [1.807, 2.05) is 0 Å². The number of phosphoric acid groups is 1. The summed E-state index contributed by atoms with van der Waals surface area (Å²) in [4.78, 5) is 42.6. The van der Waals surface area contributed by atoms with Gasteiger partial charge in [-0.2, -0.15) is 8.42 Å². The van der Waals surface area contributed by atoms with Gasteiger partial charge in [-0.25, -0.2) is 14.2 Å². The van der Waals surface area contributed by atoms with Crippen molar-refractivity contribution >= 4 is 30.2 Å². The number of aliphatic hydroxyl groups is 8. The van der Waals surface area contributed by atoms with Crippen molar-refractivity contribution in [3.8, 4) is 0 Å². The van der Waals surface area contributed by atoms with Crippen LogP contribution in [-0.4, -0.2) is 123 Å². The van der Waals surface area contributed by atoms with Crippen molar-refractivity contribution in [3.63, 3.8) is 0 Å². The molecule has 0 fully saturated rings. The Hall–Kier alpha value is -2.56. The predicted octanol–water partition coefficient (Wildman–Crippen LogP) is -4.40. The van der Waals surface area contributed by atoms with Gasteiger partial charge < -0.3 is 65.0 Å². The van der Waals surface area contributed by atoms with Crippen LogP contribution >= 0.6 is 7.82 Å². The van der Waals surface area contributed by atoms with E-state index in [0.717, 1.165) is 0 Å². The fourth-order valence-electron chi connectivity index (χ4n) is 1.65. The molecule has 2 aliphatic rings. The number of aliphatic hydroxyl groups excluding tert-OH is 8. The number of carbonyl (C=O) groups excluding carboxylic acids is 2. The van der Waals surface area contributed by atoms with Gasteiger partial charge in [0, 0.05) is 0 Å². The van der Waals surface area contributed by atoms with Crippen molar-refractivity contribution in [1.29, 1.82) is 0 Å². The third-order valence-electron chi connectivity index (χ3n) is 2.95. The quantitative estimate of drug-likeness (QED) is 0.0895. The Bertz CT molecular complexity index is 850. The van der Waals surface area contributed by atoms with E-state index in [1.165, 1.54) is 0 Å². The van der Waals surface area contributed by atoms with Crippen molar-refractivity contribution in [1.82, 2.24) is 0 Å². The average Bonchev–Trinajstić information content (AvgIpc) is 3.09. The number of carbonyl (C=O) groups is 2. The van der Waals surface area contributed by atoms with E-state index in [1.54, 1.807) is 0 Å². The maximum absolute atomic E-state index is 10.5. The summed E-state index contributed by atoms with van der Waals surface area (Å²) >= 11 is 0. The van der Waals surface area contributed by atoms with Gasteiger partial charge in [0.25, 0.3) is 0 Å². The molecule has 0 radical (unpaired) electrons. The molecule has 2 rings (SSSR count). The molecule has 0 aliphatic carbocycles. The first-order chi connectivity index (χ1) is 15.1. The van der Waals surface area contributed by atoms with E-state index < -0.39 is 90.8 Å². The van der Waals surface area contributed by atoms with Crippen LogP contribution in [0.4, 0.5) is 0 Å². The molecule has 0 saturated heterocycles. The van der Waals surface area contributed by atoms with Crippen molar-refractivity contribution in [2.75, 3.05) is 13.2 Å². The summed E-state index contributed by atoms with van der Waals surface area (Å²) in [6.07, 6.45) is -5.55. The standard InChI is InChI=1S/2C6H8O6.H3O4P.H2O4S/c2*7-1-2(8)5-3(9)4(10)6(11)12-5;2*1-5(2,3)4/h2*2,5,7-10H,1H2;(H3,1,2,3,4);(H2,1,2,3,4)/t2*2-,5+;;/m00../s1. The third-order valence-corrected chi connectivity index (χ3v) is 2.95. The molecule has 34 heavy (non-hydrogen) atoms. The lowest BCUT2D eigenvalue weighted by atomic mass is 10.2. The van der Waals surface area contributed by atoms with Gasteiger partial charge in [-0.05, 0) is 0 Å². The second-order valence-electron chi connectivity index (χ2n) is 5.58. The summed E-state index contributed by atoms with van der Waals surface area (Å²) in [6, 6.07) is 0. The van der Waals surface area contributed by atoms with Gasteiger partial charge in [0.05, 0.1) is 13.2 Å². The molecule has 2 aliphatic heterocycles. The lowest BCUT2D eigenvalue weighted by molar-refractivity contribution is -0.148. The molecule has 0 aromatic carbocycles. The second-order valence-corrected chi connectivity index (χ2v) is 7.50. The summed E-state index contributed by atoms with van der Waals surface area (Å²) in [6.45, 7) is -1.34. The topological polar surface area (TPSA) is 367 Å². The Morgan fingerprint density at radius 1 is 0.765 bits per heavy atom. The minimum atomic E-state index is -4.67. The first-order valence-corrected chi connectivity index (χ1v) is 10.8. The molecule has 13 N–H and O–H groups in total. The summed E-state index contributed by atoms with van der Waals surface area (Å²) in [5.41, 5.74) is 0. The van der Waals surface area contributed by atoms with Crippen molar-refractivity contribution in [2.24, 2.45) is 0 Å². The summed E-state index contributed by atoms with van der Waals surface area (Å²) < 4.78 is 49.1. The van der Waals surface area contributed by atoms with E-state index in [4.69, 9.17) is 77.6 Å².